The van der Waals surface area contributed by atoms with Gasteiger partial charge in [0.15, 0.2) is 0 Å². The number of hydrogen-bond donors (Lipinski definition) is 1. The van der Waals surface area contributed by atoms with Crippen molar-refractivity contribution < 1.29 is 4.79 Å². The fraction of sp³-hybridized carbons (Fsp3) is 0.333. The molecule has 70 valence electrons. The Hall–Kier alpha value is -1.58. The van der Waals surface area contributed by atoms with Gasteiger partial charge in [-0.25, -0.2) is 0 Å². The minimum atomic E-state index is -0.163. The van der Waals surface area contributed by atoms with E-state index in [0.29, 0.717) is 6.54 Å². The van der Waals surface area contributed by atoms with Crippen LogP contribution < -0.4 is 5.32 Å². The van der Waals surface area contributed by atoms with Crippen molar-refractivity contribution in [3.05, 3.63) is 30.6 Å². The van der Waals surface area contributed by atoms with Crippen LogP contribution in [0.5, 0.6) is 0 Å². The number of hydrogen-bond acceptors (Lipinski definition) is 2. The summed E-state index contributed by atoms with van der Waals surface area (Å²) < 4.78 is 1.84. The molecule has 0 saturated heterocycles. The highest BCUT2D eigenvalue weighted by Gasteiger charge is 2.00. The lowest BCUT2D eigenvalue weighted by molar-refractivity contribution is -0.116. The molecule has 4 heteroatoms. The van der Waals surface area contributed by atoms with Crippen LogP contribution >= 0.6 is 0 Å². The summed E-state index contributed by atoms with van der Waals surface area (Å²) >= 11 is 0. The summed E-state index contributed by atoms with van der Waals surface area (Å²) in [4.78, 5) is 10.8. The topological polar surface area (TPSA) is 46.9 Å². The molecule has 0 bridgehead atoms. The Labute approximate surface area is 77.3 Å². The Morgan fingerprint density at radius 2 is 2.62 bits per heavy atom. The maximum Gasteiger partial charge on any atom is 0.243 e. The van der Waals surface area contributed by atoms with Crippen molar-refractivity contribution in [1.82, 2.24) is 15.1 Å². The first-order chi connectivity index (χ1) is 6.27. The van der Waals surface area contributed by atoms with Crippen molar-refractivity contribution in [2.45, 2.75) is 20.0 Å². The van der Waals surface area contributed by atoms with Gasteiger partial charge in [-0.15, -0.1) is 0 Å². The highest BCUT2D eigenvalue weighted by molar-refractivity contribution is 5.86. The second kappa shape index (κ2) is 4.45. The second-order valence-electron chi connectivity index (χ2n) is 2.56. The lowest BCUT2D eigenvalue weighted by Crippen LogP contribution is -2.21. The molecule has 1 aromatic heterocycles. The number of aromatic nitrogens is 2. The van der Waals surface area contributed by atoms with Crippen molar-refractivity contribution in [2.24, 2.45) is 0 Å². The number of aryl methyl sites for hydroxylation is 1. The number of nitrogens with zero attached hydrogens (tertiary/aromatic N) is 2. The van der Waals surface area contributed by atoms with Gasteiger partial charge in [-0.2, -0.15) is 5.10 Å². The number of carbonyl (C=O) groups is 1. The van der Waals surface area contributed by atoms with Crippen molar-refractivity contribution >= 4 is 5.91 Å². The zero-order valence-electron chi connectivity index (χ0n) is 7.66. The second-order valence-corrected chi connectivity index (χ2v) is 2.56. The summed E-state index contributed by atoms with van der Waals surface area (Å²) in [6, 6.07) is 1.88. The highest BCUT2D eigenvalue weighted by Crippen LogP contribution is 1.97. The summed E-state index contributed by atoms with van der Waals surface area (Å²) in [7, 11) is 0. The lowest BCUT2D eigenvalue weighted by Gasteiger charge is -2.04. The van der Waals surface area contributed by atoms with Gasteiger partial charge in [0.25, 0.3) is 0 Å². The predicted octanol–water partition coefficient (Wildman–Crippen LogP) is 0.705. The molecule has 0 aliphatic rings. The SMILES string of the molecule is C=CC(=O)NCc1ccnn1CC. The fourth-order valence-electron chi connectivity index (χ4n) is 1.04. The van der Waals surface area contributed by atoms with E-state index in [4.69, 9.17) is 0 Å². The molecule has 1 N–H and O–H groups in total. The average Bonchev–Trinajstić information content (AvgIpc) is 2.61. The zero-order valence-corrected chi connectivity index (χ0v) is 7.66. The first kappa shape index (κ1) is 9.51. The van der Waals surface area contributed by atoms with Crippen LogP contribution in [0.3, 0.4) is 0 Å². The van der Waals surface area contributed by atoms with Crippen molar-refractivity contribution in [3.63, 3.8) is 0 Å². The molecule has 1 rings (SSSR count). The number of nitrogens with one attached hydrogen (secondary N) is 1. The molecule has 0 aromatic carbocycles. The zero-order chi connectivity index (χ0) is 9.68. The Bertz CT molecular complexity index is 304. The molecular weight excluding hydrogens is 166 g/mol. The number of amides is 1. The summed E-state index contributed by atoms with van der Waals surface area (Å²) in [5, 5.41) is 6.77. The van der Waals surface area contributed by atoms with Gasteiger partial charge in [-0.05, 0) is 19.1 Å². The number of rotatable bonds is 4. The van der Waals surface area contributed by atoms with E-state index in [0.717, 1.165) is 12.2 Å². The van der Waals surface area contributed by atoms with E-state index in [1.54, 1.807) is 6.20 Å². The monoisotopic (exact) mass is 179 g/mol. The van der Waals surface area contributed by atoms with E-state index in [1.807, 2.05) is 17.7 Å². The molecule has 13 heavy (non-hydrogen) atoms. The predicted molar refractivity (Wildman–Crippen MR) is 49.9 cm³/mol. The normalized spacial score (nSPS) is 9.62. The van der Waals surface area contributed by atoms with Gasteiger partial charge in [-0.3, -0.25) is 9.48 Å². The Morgan fingerprint density at radius 1 is 1.85 bits per heavy atom. The largest absolute Gasteiger partial charge is 0.347 e. The minimum Gasteiger partial charge on any atom is -0.347 e. The van der Waals surface area contributed by atoms with Gasteiger partial charge < -0.3 is 5.32 Å². The van der Waals surface area contributed by atoms with E-state index < -0.39 is 0 Å². The van der Waals surface area contributed by atoms with Crippen LogP contribution in [-0.4, -0.2) is 15.7 Å². The van der Waals surface area contributed by atoms with Crippen LogP contribution in [0.4, 0.5) is 0 Å². The summed E-state index contributed by atoms with van der Waals surface area (Å²) in [6.45, 7) is 6.68. The van der Waals surface area contributed by atoms with Crippen molar-refractivity contribution in [1.29, 1.82) is 0 Å². The van der Waals surface area contributed by atoms with Crippen LogP contribution in [0.1, 0.15) is 12.6 Å². The van der Waals surface area contributed by atoms with E-state index >= 15 is 0 Å². The van der Waals surface area contributed by atoms with Gasteiger partial charge in [0, 0.05) is 12.7 Å². The molecular formula is C9H13N3O. The van der Waals surface area contributed by atoms with Gasteiger partial charge in [0.1, 0.15) is 0 Å². The Morgan fingerprint density at radius 3 is 3.23 bits per heavy atom. The van der Waals surface area contributed by atoms with Crippen LogP contribution in [-0.2, 0) is 17.9 Å². The van der Waals surface area contributed by atoms with Crippen LogP contribution in [0.25, 0.3) is 0 Å². The first-order valence-electron chi connectivity index (χ1n) is 4.19. The third-order valence-electron chi connectivity index (χ3n) is 1.73. The molecule has 0 radical (unpaired) electrons. The lowest BCUT2D eigenvalue weighted by atomic mass is 10.4. The third-order valence-corrected chi connectivity index (χ3v) is 1.73. The number of carbonyl (C=O) groups excluding carboxylic acids is 1. The summed E-state index contributed by atoms with van der Waals surface area (Å²) in [5.41, 5.74) is 0.998. The molecule has 0 aliphatic carbocycles. The van der Waals surface area contributed by atoms with E-state index in [1.165, 1.54) is 6.08 Å². The maximum atomic E-state index is 10.8. The van der Waals surface area contributed by atoms with Gasteiger partial charge >= 0.3 is 0 Å². The minimum absolute atomic E-state index is 0.163. The smallest absolute Gasteiger partial charge is 0.243 e. The van der Waals surface area contributed by atoms with E-state index in [-0.39, 0.29) is 5.91 Å². The third kappa shape index (κ3) is 2.43. The molecule has 4 nitrogen and oxygen atoms in total. The van der Waals surface area contributed by atoms with E-state index in [9.17, 15) is 4.79 Å². The first-order valence-corrected chi connectivity index (χ1v) is 4.19. The molecule has 0 atom stereocenters. The summed E-state index contributed by atoms with van der Waals surface area (Å²) in [5.74, 6) is -0.163. The maximum absolute atomic E-state index is 10.8. The molecule has 0 spiro atoms. The Balaban J connectivity index is 2.53. The highest BCUT2D eigenvalue weighted by atomic mass is 16.1. The molecule has 1 amide bonds. The van der Waals surface area contributed by atoms with Gasteiger partial charge in [-0.1, -0.05) is 6.58 Å². The van der Waals surface area contributed by atoms with Crippen LogP contribution in [0.2, 0.25) is 0 Å². The van der Waals surface area contributed by atoms with Gasteiger partial charge in [0.2, 0.25) is 5.91 Å². The Kier molecular flexibility index (Phi) is 3.25. The standard InChI is InChI=1S/C9H13N3O/c1-3-9(13)10-7-8-5-6-11-12(8)4-2/h3,5-6H,1,4,7H2,2H3,(H,10,13). The molecule has 1 heterocycles. The van der Waals surface area contributed by atoms with Crippen LogP contribution in [0, 0.1) is 0 Å². The quantitative estimate of drug-likeness (QED) is 0.692. The average molecular weight is 179 g/mol. The summed E-state index contributed by atoms with van der Waals surface area (Å²) in [6.07, 6.45) is 2.98. The van der Waals surface area contributed by atoms with Crippen molar-refractivity contribution in [3.8, 4) is 0 Å². The fourth-order valence-corrected chi connectivity index (χ4v) is 1.04. The molecule has 0 aliphatic heterocycles. The van der Waals surface area contributed by atoms with Crippen LogP contribution in [0.15, 0.2) is 24.9 Å². The van der Waals surface area contributed by atoms with Gasteiger partial charge in [0.05, 0.1) is 12.2 Å². The molecule has 1 aromatic rings. The molecule has 0 saturated carbocycles. The molecule has 0 unspecified atom stereocenters. The molecule has 0 fully saturated rings. The van der Waals surface area contributed by atoms with E-state index in [2.05, 4.69) is 17.0 Å². The van der Waals surface area contributed by atoms with Crippen molar-refractivity contribution in [2.75, 3.05) is 0 Å².